The van der Waals surface area contributed by atoms with E-state index in [1.54, 1.807) is 24.0 Å². The summed E-state index contributed by atoms with van der Waals surface area (Å²) < 4.78 is 27.8. The molecule has 0 aromatic heterocycles. The van der Waals surface area contributed by atoms with Gasteiger partial charge in [0.15, 0.2) is 0 Å². The minimum Gasteiger partial charge on any atom is -0.391 e. The summed E-state index contributed by atoms with van der Waals surface area (Å²) in [7, 11) is 0. The molecule has 0 saturated carbocycles. The molecule has 0 radical (unpaired) electrons. The summed E-state index contributed by atoms with van der Waals surface area (Å²) in [5, 5.41) is 16.6. The molecule has 0 saturated heterocycles. The molecule has 0 fully saturated rings. The maximum absolute atomic E-state index is 13.9. The van der Waals surface area contributed by atoms with Crippen LogP contribution in [0, 0.1) is 24.5 Å². The van der Waals surface area contributed by atoms with Crippen LogP contribution in [0.4, 0.5) is 8.78 Å². The highest BCUT2D eigenvalue weighted by Crippen LogP contribution is 2.17. The van der Waals surface area contributed by atoms with Gasteiger partial charge in [-0.25, -0.2) is 8.78 Å². The van der Waals surface area contributed by atoms with E-state index in [4.69, 9.17) is 0 Å². The van der Waals surface area contributed by atoms with Gasteiger partial charge < -0.3 is 20.6 Å². The van der Waals surface area contributed by atoms with Crippen LogP contribution in [0.5, 0.6) is 0 Å². The molecule has 2 atom stereocenters. The Balaban J connectivity index is 2.21. The van der Waals surface area contributed by atoms with Crippen LogP contribution in [0.15, 0.2) is 36.4 Å². The number of nitrogens with one attached hydrogen (secondary N) is 2. The quantitative estimate of drug-likeness (QED) is 0.225. The van der Waals surface area contributed by atoms with Gasteiger partial charge in [-0.05, 0) is 86.4 Å². The fraction of sp³-hybridized carbons (Fsp3) is 0.545. The van der Waals surface area contributed by atoms with Crippen LogP contribution in [-0.4, -0.2) is 59.5 Å². The monoisotopic (exact) mass is 587 g/mol. The number of amides is 3. The van der Waals surface area contributed by atoms with Crippen molar-refractivity contribution in [3.05, 3.63) is 70.3 Å². The maximum Gasteiger partial charge on any atom is 0.253 e. The van der Waals surface area contributed by atoms with Gasteiger partial charge in [0, 0.05) is 43.2 Å². The Bertz CT molecular complexity index is 1160. The Morgan fingerprint density at radius 3 is 2.12 bits per heavy atom. The van der Waals surface area contributed by atoms with E-state index >= 15 is 0 Å². The molecule has 42 heavy (non-hydrogen) atoms. The highest BCUT2D eigenvalue weighted by atomic mass is 19.1. The molecule has 3 amide bonds. The van der Waals surface area contributed by atoms with Crippen molar-refractivity contribution < 1.29 is 28.3 Å². The number of carbonyl (C=O) groups is 3. The minimum absolute atomic E-state index is 0.0394. The van der Waals surface area contributed by atoms with Crippen molar-refractivity contribution >= 4 is 17.7 Å². The van der Waals surface area contributed by atoms with Gasteiger partial charge in [-0.2, -0.15) is 0 Å². The summed E-state index contributed by atoms with van der Waals surface area (Å²) in [6, 6.07) is 7.09. The molecule has 0 spiro atoms. The van der Waals surface area contributed by atoms with E-state index in [2.05, 4.69) is 24.5 Å². The number of aliphatic hydroxyl groups is 1. The van der Waals surface area contributed by atoms with Crippen LogP contribution >= 0.6 is 0 Å². The van der Waals surface area contributed by atoms with E-state index in [1.165, 1.54) is 6.07 Å². The molecule has 232 valence electrons. The van der Waals surface area contributed by atoms with Crippen LogP contribution in [0.2, 0.25) is 0 Å². The molecule has 0 aliphatic heterocycles. The fourth-order valence-corrected chi connectivity index (χ4v) is 4.91. The lowest BCUT2D eigenvalue weighted by Gasteiger charge is -2.25. The zero-order valence-electron chi connectivity index (χ0n) is 25.6. The van der Waals surface area contributed by atoms with Crippen molar-refractivity contribution in [2.75, 3.05) is 19.6 Å². The van der Waals surface area contributed by atoms with Crippen LogP contribution in [-0.2, 0) is 11.2 Å². The Morgan fingerprint density at radius 1 is 0.905 bits per heavy atom. The molecule has 9 heteroatoms. The lowest BCUT2D eigenvalue weighted by molar-refractivity contribution is -0.121. The normalized spacial score (nSPS) is 12.6. The lowest BCUT2D eigenvalue weighted by atomic mass is 9.97. The second-order valence-electron chi connectivity index (χ2n) is 11.4. The van der Waals surface area contributed by atoms with E-state index in [1.807, 2.05) is 13.8 Å². The van der Waals surface area contributed by atoms with Crippen molar-refractivity contribution in [1.82, 2.24) is 15.5 Å². The number of hydrogen-bond acceptors (Lipinski definition) is 4. The Kier molecular flexibility index (Phi) is 14.6. The molecule has 2 aromatic carbocycles. The first-order valence-electron chi connectivity index (χ1n) is 15.0. The van der Waals surface area contributed by atoms with Crippen LogP contribution < -0.4 is 10.6 Å². The number of aryl methyl sites for hydroxylation is 1. The van der Waals surface area contributed by atoms with Crippen molar-refractivity contribution in [3.63, 3.8) is 0 Å². The maximum atomic E-state index is 13.9. The smallest absolute Gasteiger partial charge is 0.253 e. The third kappa shape index (κ3) is 11.9. The molecule has 0 aliphatic carbocycles. The number of rotatable bonds is 17. The summed E-state index contributed by atoms with van der Waals surface area (Å²) in [5.41, 5.74) is 1.63. The third-order valence-electron chi connectivity index (χ3n) is 6.97. The number of nitrogens with zero attached hydrogens (tertiary/aromatic N) is 1. The SMILES string of the molecule is CCCN(CCC)C(=O)c1cc(C)cc(C(=O)N[C@@H](Cc2cc(F)cc(F)c2)[C@H](O)CCNC(=O)CCCC(C)C)c1. The van der Waals surface area contributed by atoms with Gasteiger partial charge in [0.1, 0.15) is 11.6 Å². The highest BCUT2D eigenvalue weighted by molar-refractivity contribution is 6.00. The topological polar surface area (TPSA) is 98.7 Å². The zero-order chi connectivity index (χ0) is 31.2. The van der Waals surface area contributed by atoms with E-state index in [0.29, 0.717) is 31.0 Å². The molecular formula is C33H47F2N3O4. The molecule has 0 unspecified atom stereocenters. The second-order valence-corrected chi connectivity index (χ2v) is 11.4. The average Bonchev–Trinajstić information content (AvgIpc) is 2.91. The van der Waals surface area contributed by atoms with Crippen molar-refractivity contribution in [1.29, 1.82) is 0 Å². The van der Waals surface area contributed by atoms with Gasteiger partial charge in [0.25, 0.3) is 11.8 Å². The molecule has 0 aliphatic rings. The minimum atomic E-state index is -1.12. The average molecular weight is 588 g/mol. The van der Waals surface area contributed by atoms with Crippen molar-refractivity contribution in [2.24, 2.45) is 5.92 Å². The van der Waals surface area contributed by atoms with Crippen LogP contribution in [0.25, 0.3) is 0 Å². The summed E-state index contributed by atoms with van der Waals surface area (Å²) in [4.78, 5) is 40.6. The zero-order valence-corrected chi connectivity index (χ0v) is 25.6. The Labute approximate surface area is 249 Å². The summed E-state index contributed by atoms with van der Waals surface area (Å²) in [5.74, 6) is -1.82. The largest absolute Gasteiger partial charge is 0.391 e. The van der Waals surface area contributed by atoms with Gasteiger partial charge >= 0.3 is 0 Å². The van der Waals surface area contributed by atoms with E-state index in [9.17, 15) is 28.3 Å². The van der Waals surface area contributed by atoms with Crippen LogP contribution in [0.1, 0.15) is 98.1 Å². The Morgan fingerprint density at radius 2 is 1.52 bits per heavy atom. The number of carbonyl (C=O) groups excluding carboxylic acids is 3. The molecule has 2 rings (SSSR count). The third-order valence-corrected chi connectivity index (χ3v) is 6.97. The number of hydrogen-bond donors (Lipinski definition) is 3. The molecule has 0 bridgehead atoms. The van der Waals surface area contributed by atoms with Gasteiger partial charge in [0.05, 0.1) is 12.1 Å². The number of halogens is 2. The molecule has 7 nitrogen and oxygen atoms in total. The van der Waals surface area contributed by atoms with Gasteiger partial charge in [-0.1, -0.05) is 34.1 Å². The summed E-state index contributed by atoms with van der Waals surface area (Å²) >= 11 is 0. The first-order chi connectivity index (χ1) is 19.9. The van der Waals surface area contributed by atoms with E-state index in [0.717, 1.165) is 49.4 Å². The lowest BCUT2D eigenvalue weighted by Crippen LogP contribution is -2.46. The first-order valence-corrected chi connectivity index (χ1v) is 15.0. The Hall–Kier alpha value is -3.33. The van der Waals surface area contributed by atoms with Crippen LogP contribution in [0.3, 0.4) is 0 Å². The molecular weight excluding hydrogens is 540 g/mol. The first kappa shape index (κ1) is 34.9. The highest BCUT2D eigenvalue weighted by Gasteiger charge is 2.24. The molecule has 2 aromatic rings. The predicted molar refractivity (Wildman–Crippen MR) is 161 cm³/mol. The van der Waals surface area contributed by atoms with E-state index < -0.39 is 29.7 Å². The standard InChI is InChI=1S/C33H47F2N3O4/c1-6-13-38(14-7-2)33(42)26-16-23(5)15-25(20-26)32(41)37-29(19-24-17-27(34)21-28(35)18-24)30(39)11-12-36-31(40)10-8-9-22(3)4/h15-18,20-22,29-30,39H,6-14,19H2,1-5H3,(H,36,40)(H,37,41)/t29-,30+/m0/s1. The summed E-state index contributed by atoms with van der Waals surface area (Å²) in [6.07, 6.45) is 2.68. The van der Waals surface area contributed by atoms with Gasteiger partial charge in [-0.3, -0.25) is 14.4 Å². The predicted octanol–water partition coefficient (Wildman–Crippen LogP) is 5.57. The second kappa shape index (κ2) is 17.6. The molecule has 3 N–H and O–H groups in total. The molecule has 0 heterocycles. The summed E-state index contributed by atoms with van der Waals surface area (Å²) in [6.45, 7) is 11.4. The van der Waals surface area contributed by atoms with Crippen molar-refractivity contribution in [2.45, 2.75) is 91.7 Å². The van der Waals surface area contributed by atoms with E-state index in [-0.39, 0.29) is 42.3 Å². The fourth-order valence-electron chi connectivity index (χ4n) is 4.91. The van der Waals surface area contributed by atoms with Gasteiger partial charge in [0.2, 0.25) is 5.91 Å². The number of aliphatic hydroxyl groups excluding tert-OH is 1. The van der Waals surface area contributed by atoms with Crippen molar-refractivity contribution in [3.8, 4) is 0 Å². The number of benzene rings is 2. The van der Waals surface area contributed by atoms with Gasteiger partial charge in [-0.15, -0.1) is 0 Å².